The van der Waals surface area contributed by atoms with Crippen LogP contribution in [0.1, 0.15) is 16.1 Å². The summed E-state index contributed by atoms with van der Waals surface area (Å²) in [6.07, 6.45) is -3.33. The van der Waals surface area contributed by atoms with Crippen molar-refractivity contribution in [2.75, 3.05) is 11.9 Å². The minimum atomic E-state index is -4.81. The van der Waals surface area contributed by atoms with E-state index in [9.17, 15) is 22.4 Å². The fourth-order valence-corrected chi connectivity index (χ4v) is 2.77. The van der Waals surface area contributed by atoms with Crippen LogP contribution in [0.25, 0.3) is 17.0 Å². The molecule has 0 saturated carbocycles. The third-order valence-electron chi connectivity index (χ3n) is 4.13. The van der Waals surface area contributed by atoms with Crippen molar-refractivity contribution in [3.05, 3.63) is 60.1 Å². The molecule has 3 aromatic rings. The van der Waals surface area contributed by atoms with Crippen LogP contribution in [0.15, 0.2) is 43.0 Å². The molecule has 2 aromatic carbocycles. The molecule has 0 spiro atoms. The molecule has 0 atom stereocenters. The molecule has 0 bridgehead atoms. The molecule has 28 heavy (non-hydrogen) atoms. The molecule has 9 heteroatoms. The van der Waals surface area contributed by atoms with E-state index in [2.05, 4.69) is 16.4 Å². The Morgan fingerprint density at radius 2 is 1.89 bits per heavy atom. The van der Waals surface area contributed by atoms with E-state index in [1.165, 1.54) is 40.9 Å². The van der Waals surface area contributed by atoms with Gasteiger partial charge in [-0.3, -0.25) is 9.48 Å². The summed E-state index contributed by atoms with van der Waals surface area (Å²) in [6, 6.07) is 7.64. The van der Waals surface area contributed by atoms with Crippen molar-refractivity contribution in [3.63, 3.8) is 0 Å². The van der Waals surface area contributed by atoms with Crippen LogP contribution in [0.3, 0.4) is 0 Å². The third-order valence-corrected chi connectivity index (χ3v) is 4.13. The molecule has 0 aliphatic carbocycles. The Hall–Kier alpha value is -3.36. The number of halogens is 4. The van der Waals surface area contributed by atoms with Gasteiger partial charge < -0.3 is 9.64 Å². The van der Waals surface area contributed by atoms with Crippen LogP contribution in [-0.2, 0) is 7.05 Å². The molecular weight excluding hydrogens is 378 g/mol. The lowest BCUT2D eigenvalue weighted by Crippen LogP contribution is -2.27. The number of aryl methyl sites for hydroxylation is 1. The van der Waals surface area contributed by atoms with Crippen LogP contribution >= 0.6 is 0 Å². The zero-order valence-electron chi connectivity index (χ0n) is 14.9. The second-order valence-electron chi connectivity index (χ2n) is 5.98. The number of alkyl halides is 3. The summed E-state index contributed by atoms with van der Waals surface area (Å²) in [4.78, 5) is 14.0. The summed E-state index contributed by atoms with van der Waals surface area (Å²) < 4.78 is 56.5. The van der Waals surface area contributed by atoms with Gasteiger partial charge in [0, 0.05) is 19.8 Å². The van der Waals surface area contributed by atoms with Gasteiger partial charge in [0.2, 0.25) is 0 Å². The first-order valence-electron chi connectivity index (χ1n) is 8.03. The maximum Gasteiger partial charge on any atom is 0.573 e. The van der Waals surface area contributed by atoms with Gasteiger partial charge in [0.15, 0.2) is 5.69 Å². The summed E-state index contributed by atoms with van der Waals surface area (Å²) in [5.74, 6) is -1.64. The predicted molar refractivity (Wildman–Crippen MR) is 96.6 cm³/mol. The lowest BCUT2D eigenvalue weighted by molar-refractivity contribution is -0.274. The molecule has 5 nitrogen and oxygen atoms in total. The number of benzene rings is 2. The highest BCUT2D eigenvalue weighted by Crippen LogP contribution is 2.28. The van der Waals surface area contributed by atoms with Crippen molar-refractivity contribution in [2.24, 2.45) is 7.05 Å². The van der Waals surface area contributed by atoms with Crippen molar-refractivity contribution in [1.29, 1.82) is 0 Å². The number of carbonyl (C=O) groups is 1. The summed E-state index contributed by atoms with van der Waals surface area (Å²) in [6.45, 7) is 3.60. The maximum atomic E-state index is 14.5. The first-order chi connectivity index (χ1) is 13.1. The summed E-state index contributed by atoms with van der Waals surface area (Å²) >= 11 is 0. The summed E-state index contributed by atoms with van der Waals surface area (Å²) in [5, 5.41) is 4.17. The molecule has 0 N–H and O–H groups in total. The minimum Gasteiger partial charge on any atom is -0.406 e. The monoisotopic (exact) mass is 393 g/mol. The Morgan fingerprint density at radius 1 is 1.25 bits per heavy atom. The van der Waals surface area contributed by atoms with Gasteiger partial charge in [0.25, 0.3) is 5.91 Å². The Balaban J connectivity index is 1.95. The lowest BCUT2D eigenvalue weighted by Gasteiger charge is -2.17. The second kappa shape index (κ2) is 6.99. The molecule has 1 amide bonds. The Labute approximate surface area is 157 Å². The molecular formula is C19H15F4N3O2. The number of hydrogen-bond acceptors (Lipinski definition) is 3. The van der Waals surface area contributed by atoms with Gasteiger partial charge in [-0.2, -0.15) is 5.10 Å². The van der Waals surface area contributed by atoms with Crippen LogP contribution in [-0.4, -0.2) is 29.1 Å². The molecule has 0 saturated heterocycles. The third kappa shape index (κ3) is 3.68. The highest BCUT2D eigenvalue weighted by molar-refractivity contribution is 6.12. The van der Waals surface area contributed by atoms with Crippen molar-refractivity contribution >= 4 is 28.6 Å². The molecule has 0 unspecified atom stereocenters. The van der Waals surface area contributed by atoms with E-state index >= 15 is 0 Å². The van der Waals surface area contributed by atoms with Gasteiger partial charge in [-0.15, -0.1) is 13.2 Å². The van der Waals surface area contributed by atoms with E-state index in [1.807, 2.05) is 0 Å². The van der Waals surface area contributed by atoms with Crippen molar-refractivity contribution < 1.29 is 27.1 Å². The van der Waals surface area contributed by atoms with Crippen LogP contribution < -0.4 is 9.64 Å². The molecule has 3 rings (SSSR count). The molecule has 0 aliphatic heterocycles. The quantitative estimate of drug-likeness (QED) is 0.612. The van der Waals surface area contributed by atoms with Gasteiger partial charge in [-0.05, 0) is 42.0 Å². The SMILES string of the molecule is C=Cc1cc(F)c2c(C(=O)N(C)c3ccc(OC(F)(F)F)cc3)nn(C)c2c1. The number of nitrogens with zero attached hydrogens (tertiary/aromatic N) is 3. The standard InChI is InChI=1S/C19H15F4N3O2/c1-4-11-9-14(20)16-15(10-11)26(3)24-17(16)18(27)25(2)12-5-7-13(8-6-12)28-19(21,22)23/h4-10H,1H2,2-3H3. The smallest absolute Gasteiger partial charge is 0.406 e. The molecule has 0 radical (unpaired) electrons. The fourth-order valence-electron chi connectivity index (χ4n) is 2.77. The number of amides is 1. The van der Waals surface area contributed by atoms with Crippen LogP contribution in [0.5, 0.6) is 5.75 Å². The molecule has 1 aromatic heterocycles. The zero-order valence-corrected chi connectivity index (χ0v) is 14.9. The summed E-state index contributed by atoms with van der Waals surface area (Å²) in [7, 11) is 2.99. The fraction of sp³-hybridized carbons (Fsp3) is 0.158. The average Bonchev–Trinajstić information content (AvgIpc) is 2.97. The highest BCUT2D eigenvalue weighted by Gasteiger charge is 2.31. The maximum absolute atomic E-state index is 14.5. The first kappa shape index (κ1) is 19.4. The number of anilines is 1. The van der Waals surface area contributed by atoms with Crippen molar-refractivity contribution in [3.8, 4) is 5.75 Å². The molecule has 1 heterocycles. The minimum absolute atomic E-state index is 0.0574. The van der Waals surface area contributed by atoms with Gasteiger partial charge in [-0.1, -0.05) is 12.7 Å². The van der Waals surface area contributed by atoms with Gasteiger partial charge in [0.1, 0.15) is 11.6 Å². The normalized spacial score (nSPS) is 11.5. The average molecular weight is 393 g/mol. The Morgan fingerprint density at radius 3 is 2.46 bits per heavy atom. The molecule has 0 aliphatic rings. The predicted octanol–water partition coefficient (Wildman–Crippen LogP) is 4.53. The van der Waals surface area contributed by atoms with Crippen molar-refractivity contribution in [1.82, 2.24) is 9.78 Å². The Bertz CT molecular complexity index is 1060. The van der Waals surface area contributed by atoms with E-state index < -0.39 is 23.8 Å². The van der Waals surface area contributed by atoms with E-state index in [4.69, 9.17) is 0 Å². The second-order valence-corrected chi connectivity index (χ2v) is 5.98. The van der Waals surface area contributed by atoms with Gasteiger partial charge in [0.05, 0.1) is 10.9 Å². The van der Waals surface area contributed by atoms with E-state index in [0.717, 1.165) is 12.1 Å². The largest absolute Gasteiger partial charge is 0.573 e. The van der Waals surface area contributed by atoms with Crippen LogP contribution in [0, 0.1) is 5.82 Å². The molecule has 146 valence electrons. The van der Waals surface area contributed by atoms with Crippen molar-refractivity contribution in [2.45, 2.75) is 6.36 Å². The van der Waals surface area contributed by atoms with E-state index in [1.54, 1.807) is 13.1 Å². The van der Waals surface area contributed by atoms with E-state index in [-0.39, 0.29) is 11.1 Å². The topological polar surface area (TPSA) is 47.4 Å². The number of ether oxygens (including phenoxy) is 1. The van der Waals surface area contributed by atoms with Gasteiger partial charge >= 0.3 is 6.36 Å². The Kier molecular flexibility index (Phi) is 4.84. The first-order valence-corrected chi connectivity index (χ1v) is 8.03. The van der Waals surface area contributed by atoms with Gasteiger partial charge in [-0.25, -0.2) is 4.39 Å². The number of hydrogen-bond donors (Lipinski definition) is 0. The summed E-state index contributed by atoms with van der Waals surface area (Å²) in [5.41, 5.74) is 1.14. The number of carbonyl (C=O) groups excluding carboxylic acids is 1. The zero-order chi connectivity index (χ0) is 20.6. The lowest BCUT2D eigenvalue weighted by atomic mass is 10.1. The van der Waals surface area contributed by atoms with E-state index in [0.29, 0.717) is 16.8 Å². The number of rotatable bonds is 4. The number of aromatic nitrogens is 2. The van der Waals surface area contributed by atoms with Crippen LogP contribution in [0.4, 0.5) is 23.2 Å². The molecule has 0 fully saturated rings. The number of fused-ring (bicyclic) bond motifs is 1. The van der Waals surface area contributed by atoms with Crippen LogP contribution in [0.2, 0.25) is 0 Å². The highest BCUT2D eigenvalue weighted by atomic mass is 19.4.